The molecule has 0 aromatic heterocycles. The van der Waals surface area contributed by atoms with Crippen LogP contribution >= 0.6 is 34.4 Å². The van der Waals surface area contributed by atoms with Gasteiger partial charge in [-0.3, -0.25) is 4.79 Å². The third kappa shape index (κ3) is 3.80. The van der Waals surface area contributed by atoms with Crippen molar-refractivity contribution in [1.82, 2.24) is 4.90 Å². The molecule has 114 valence electrons. The van der Waals surface area contributed by atoms with E-state index in [1.165, 1.54) is 16.7 Å². The molecule has 0 bridgehead atoms. The van der Waals surface area contributed by atoms with Crippen LogP contribution in [0.3, 0.4) is 0 Å². The third-order valence-electron chi connectivity index (χ3n) is 2.92. The van der Waals surface area contributed by atoms with Gasteiger partial charge in [-0.1, -0.05) is 23.9 Å². The highest BCUT2D eigenvalue weighted by atomic mass is 127. The summed E-state index contributed by atoms with van der Waals surface area (Å²) in [6.07, 6.45) is 0. The molecule has 1 N–H and O–H groups in total. The van der Waals surface area contributed by atoms with Gasteiger partial charge >= 0.3 is 5.97 Å². The lowest BCUT2D eigenvalue weighted by atomic mass is 10.2. The first-order chi connectivity index (χ1) is 10.4. The SMILES string of the molecule is CN(C)C(=O)c1ccccc1Sc1ccc(I)cc1C(=O)O. The fraction of sp³-hybridized carbons (Fsp3) is 0.125. The Balaban J connectivity index is 2.44. The average molecular weight is 427 g/mol. The molecule has 0 unspecified atom stereocenters. The number of aromatic carboxylic acids is 1. The molecule has 22 heavy (non-hydrogen) atoms. The van der Waals surface area contributed by atoms with Crippen LogP contribution in [0.2, 0.25) is 0 Å². The topological polar surface area (TPSA) is 57.6 Å². The van der Waals surface area contributed by atoms with Crippen LogP contribution in [-0.2, 0) is 0 Å². The Morgan fingerprint density at radius 2 is 1.68 bits per heavy atom. The molecule has 2 aromatic carbocycles. The van der Waals surface area contributed by atoms with Crippen LogP contribution in [0.1, 0.15) is 20.7 Å². The lowest BCUT2D eigenvalue weighted by Gasteiger charge is -2.14. The van der Waals surface area contributed by atoms with Crippen LogP contribution < -0.4 is 0 Å². The van der Waals surface area contributed by atoms with Gasteiger partial charge in [0.05, 0.1) is 11.1 Å². The molecular formula is C16H14INO3S. The predicted octanol–water partition coefficient (Wildman–Crippen LogP) is 3.84. The third-order valence-corrected chi connectivity index (χ3v) is 4.74. The first kappa shape index (κ1) is 16.8. The molecule has 0 atom stereocenters. The molecule has 2 aromatic rings. The van der Waals surface area contributed by atoms with Crippen LogP contribution in [0.15, 0.2) is 52.3 Å². The number of hydrogen-bond acceptors (Lipinski definition) is 3. The summed E-state index contributed by atoms with van der Waals surface area (Å²) in [5.74, 6) is -1.08. The van der Waals surface area contributed by atoms with Gasteiger partial charge < -0.3 is 10.0 Å². The van der Waals surface area contributed by atoms with Crippen molar-refractivity contribution in [2.75, 3.05) is 14.1 Å². The van der Waals surface area contributed by atoms with Crippen molar-refractivity contribution in [3.05, 3.63) is 57.2 Å². The summed E-state index contributed by atoms with van der Waals surface area (Å²) in [6, 6.07) is 12.5. The Bertz CT molecular complexity index is 731. The number of nitrogens with zero attached hydrogens (tertiary/aromatic N) is 1. The zero-order valence-electron chi connectivity index (χ0n) is 12.0. The second-order valence-corrected chi connectivity index (χ2v) is 7.07. The molecule has 0 fully saturated rings. The quantitative estimate of drug-likeness (QED) is 0.754. The van der Waals surface area contributed by atoms with E-state index in [1.807, 2.05) is 18.2 Å². The van der Waals surface area contributed by atoms with Crippen LogP contribution in [0, 0.1) is 3.57 Å². The van der Waals surface area contributed by atoms with Gasteiger partial charge in [0, 0.05) is 27.5 Å². The maximum absolute atomic E-state index is 12.2. The van der Waals surface area contributed by atoms with Crippen molar-refractivity contribution in [3.8, 4) is 0 Å². The van der Waals surface area contributed by atoms with Crippen LogP contribution in [0.25, 0.3) is 0 Å². The summed E-state index contributed by atoms with van der Waals surface area (Å²) in [5.41, 5.74) is 0.802. The molecule has 0 saturated heterocycles. The van der Waals surface area contributed by atoms with Crippen LogP contribution in [0.4, 0.5) is 0 Å². The highest BCUT2D eigenvalue weighted by Crippen LogP contribution is 2.34. The minimum atomic E-state index is -0.975. The van der Waals surface area contributed by atoms with Crippen molar-refractivity contribution in [3.63, 3.8) is 0 Å². The smallest absolute Gasteiger partial charge is 0.336 e. The van der Waals surface area contributed by atoms with Gasteiger partial charge in [-0.15, -0.1) is 0 Å². The Labute approximate surface area is 146 Å². The minimum absolute atomic E-state index is 0.106. The number of hydrogen-bond donors (Lipinski definition) is 1. The molecule has 2 rings (SSSR count). The van der Waals surface area contributed by atoms with E-state index in [4.69, 9.17) is 0 Å². The number of carboxylic acid groups (broad SMARTS) is 1. The van der Waals surface area contributed by atoms with Gasteiger partial charge in [-0.25, -0.2) is 4.79 Å². The number of carbonyl (C=O) groups excluding carboxylic acids is 1. The van der Waals surface area contributed by atoms with E-state index in [0.29, 0.717) is 10.5 Å². The minimum Gasteiger partial charge on any atom is -0.478 e. The Hall–Kier alpha value is -1.54. The normalized spacial score (nSPS) is 10.3. The van der Waals surface area contributed by atoms with Gasteiger partial charge in [0.15, 0.2) is 0 Å². The molecule has 0 heterocycles. The molecular weight excluding hydrogens is 413 g/mol. The Morgan fingerprint density at radius 1 is 1.05 bits per heavy atom. The second-order valence-electron chi connectivity index (χ2n) is 4.74. The number of benzene rings is 2. The highest BCUT2D eigenvalue weighted by Gasteiger charge is 2.17. The van der Waals surface area contributed by atoms with E-state index in [0.717, 1.165) is 8.47 Å². The number of halogens is 1. The maximum Gasteiger partial charge on any atom is 0.336 e. The fourth-order valence-corrected chi connectivity index (χ4v) is 3.38. The molecule has 6 heteroatoms. The van der Waals surface area contributed by atoms with Crippen LogP contribution in [-0.4, -0.2) is 36.0 Å². The van der Waals surface area contributed by atoms with Gasteiger partial charge in [-0.2, -0.15) is 0 Å². The van der Waals surface area contributed by atoms with Crippen molar-refractivity contribution in [2.45, 2.75) is 9.79 Å². The standard InChI is InChI=1S/C16H14INO3S/c1-18(2)15(19)11-5-3-4-6-13(11)22-14-8-7-10(17)9-12(14)16(20)21/h3-9H,1-2H3,(H,20,21). The lowest BCUT2D eigenvalue weighted by molar-refractivity contribution is 0.0692. The molecule has 0 aliphatic heterocycles. The van der Waals surface area contributed by atoms with Crippen molar-refractivity contribution < 1.29 is 14.7 Å². The predicted molar refractivity (Wildman–Crippen MR) is 94.7 cm³/mol. The average Bonchev–Trinajstić information content (AvgIpc) is 2.48. The zero-order valence-corrected chi connectivity index (χ0v) is 15.0. The summed E-state index contributed by atoms with van der Waals surface area (Å²) in [6.45, 7) is 0. The largest absolute Gasteiger partial charge is 0.478 e. The zero-order chi connectivity index (χ0) is 16.3. The molecule has 0 aliphatic carbocycles. The van der Waals surface area contributed by atoms with Crippen molar-refractivity contribution in [2.24, 2.45) is 0 Å². The molecule has 0 saturated carbocycles. The maximum atomic E-state index is 12.2. The second kappa shape index (κ2) is 7.15. The van der Waals surface area contributed by atoms with E-state index in [2.05, 4.69) is 22.6 Å². The molecule has 4 nitrogen and oxygen atoms in total. The van der Waals surface area contributed by atoms with Crippen molar-refractivity contribution in [1.29, 1.82) is 0 Å². The molecule has 0 radical (unpaired) electrons. The summed E-state index contributed by atoms with van der Waals surface area (Å²) in [7, 11) is 3.38. The van der Waals surface area contributed by atoms with E-state index in [-0.39, 0.29) is 11.5 Å². The van der Waals surface area contributed by atoms with E-state index in [9.17, 15) is 14.7 Å². The van der Waals surface area contributed by atoms with E-state index >= 15 is 0 Å². The number of carboxylic acids is 1. The first-order valence-electron chi connectivity index (χ1n) is 6.41. The van der Waals surface area contributed by atoms with Crippen molar-refractivity contribution >= 4 is 46.2 Å². The molecule has 0 aliphatic rings. The Morgan fingerprint density at radius 3 is 2.32 bits per heavy atom. The Kier molecular flexibility index (Phi) is 5.47. The lowest BCUT2D eigenvalue weighted by Crippen LogP contribution is -2.22. The first-order valence-corrected chi connectivity index (χ1v) is 8.31. The van der Waals surface area contributed by atoms with Gasteiger partial charge in [-0.05, 0) is 52.9 Å². The molecule has 1 amide bonds. The molecule has 0 spiro atoms. The van der Waals surface area contributed by atoms with Gasteiger partial charge in [0.2, 0.25) is 0 Å². The van der Waals surface area contributed by atoms with Gasteiger partial charge in [0.25, 0.3) is 5.91 Å². The van der Waals surface area contributed by atoms with Gasteiger partial charge in [0.1, 0.15) is 0 Å². The number of amides is 1. The summed E-state index contributed by atoms with van der Waals surface area (Å²) >= 11 is 3.37. The number of carbonyl (C=O) groups is 2. The summed E-state index contributed by atoms with van der Waals surface area (Å²) < 4.78 is 0.858. The van der Waals surface area contributed by atoms with E-state index in [1.54, 1.807) is 38.4 Å². The van der Waals surface area contributed by atoms with Crippen LogP contribution in [0.5, 0.6) is 0 Å². The fourth-order valence-electron chi connectivity index (χ4n) is 1.85. The number of rotatable bonds is 4. The summed E-state index contributed by atoms with van der Waals surface area (Å²) in [4.78, 5) is 26.5. The summed E-state index contributed by atoms with van der Waals surface area (Å²) in [5, 5.41) is 9.34. The van der Waals surface area contributed by atoms with E-state index < -0.39 is 5.97 Å². The highest BCUT2D eigenvalue weighted by molar-refractivity contribution is 14.1. The monoisotopic (exact) mass is 427 g/mol.